The van der Waals surface area contributed by atoms with E-state index in [0.717, 1.165) is 29.7 Å². The van der Waals surface area contributed by atoms with Crippen LogP contribution in [0.1, 0.15) is 12.8 Å². The van der Waals surface area contributed by atoms with Crippen LogP contribution >= 0.6 is 0 Å². The maximum Gasteiger partial charge on any atom is 0.243 e. The first-order valence-electron chi connectivity index (χ1n) is 9.60. The highest BCUT2D eigenvalue weighted by molar-refractivity contribution is 7.89. The molecule has 3 aromatic rings. The molecule has 0 radical (unpaired) electrons. The molecule has 2 aliphatic rings. The van der Waals surface area contributed by atoms with Crippen molar-refractivity contribution in [3.8, 4) is 5.75 Å². The summed E-state index contributed by atoms with van der Waals surface area (Å²) in [6, 6.07) is 8.62. The fraction of sp³-hybridized carbons (Fsp3) is 0.400. The Kier molecular flexibility index (Phi) is 4.08. The predicted molar refractivity (Wildman–Crippen MR) is 109 cm³/mol. The molecule has 1 saturated carbocycles. The van der Waals surface area contributed by atoms with Crippen LogP contribution in [0.15, 0.2) is 47.8 Å². The second-order valence-corrected chi connectivity index (χ2v) is 9.84. The van der Waals surface area contributed by atoms with Crippen LogP contribution in [0.4, 0.5) is 5.82 Å². The number of sulfonamides is 1. The first kappa shape index (κ1) is 18.4. The van der Waals surface area contributed by atoms with Crippen LogP contribution in [0.25, 0.3) is 11.0 Å². The van der Waals surface area contributed by atoms with Gasteiger partial charge in [0.1, 0.15) is 23.5 Å². The van der Waals surface area contributed by atoms with E-state index in [9.17, 15) is 8.42 Å². The zero-order chi connectivity index (χ0) is 20.2. The van der Waals surface area contributed by atoms with Gasteiger partial charge in [-0.3, -0.25) is 0 Å². The molecule has 0 bridgehead atoms. The lowest BCUT2D eigenvalue weighted by Crippen LogP contribution is -2.40. The third-order valence-corrected chi connectivity index (χ3v) is 8.12. The Morgan fingerprint density at radius 1 is 1.21 bits per heavy atom. The summed E-state index contributed by atoms with van der Waals surface area (Å²) in [6.07, 6.45) is 5.44. The Balaban J connectivity index is 1.45. The van der Waals surface area contributed by atoms with E-state index in [1.165, 1.54) is 0 Å². The van der Waals surface area contributed by atoms with Gasteiger partial charge in [0.05, 0.1) is 23.4 Å². The summed E-state index contributed by atoms with van der Waals surface area (Å²) in [7, 11) is 0.00550. The highest BCUT2D eigenvalue weighted by Crippen LogP contribution is 2.55. The number of ether oxygens (including phenoxy) is 1. The van der Waals surface area contributed by atoms with Crippen molar-refractivity contribution >= 4 is 26.9 Å². The molecule has 0 amide bonds. The van der Waals surface area contributed by atoms with Crippen LogP contribution in [-0.4, -0.2) is 61.0 Å². The maximum absolute atomic E-state index is 13.3. The molecule has 1 unspecified atom stereocenters. The van der Waals surface area contributed by atoms with Crippen LogP contribution in [0.3, 0.4) is 0 Å². The number of aromatic nitrogens is 3. The molecule has 152 valence electrons. The van der Waals surface area contributed by atoms with Gasteiger partial charge < -0.3 is 14.6 Å². The average Bonchev–Trinajstić information content (AvgIpc) is 3.16. The van der Waals surface area contributed by atoms with Crippen molar-refractivity contribution in [3.05, 3.63) is 42.9 Å². The summed E-state index contributed by atoms with van der Waals surface area (Å²) in [5.41, 5.74) is 0.773. The summed E-state index contributed by atoms with van der Waals surface area (Å²) in [5, 5.41) is 0.947. The van der Waals surface area contributed by atoms with E-state index in [-0.39, 0.29) is 11.5 Å². The van der Waals surface area contributed by atoms with Gasteiger partial charge in [-0.1, -0.05) is 0 Å². The van der Waals surface area contributed by atoms with Crippen LogP contribution in [0, 0.1) is 5.41 Å². The Labute approximate surface area is 169 Å². The van der Waals surface area contributed by atoms with E-state index in [4.69, 9.17) is 4.74 Å². The zero-order valence-electron chi connectivity index (χ0n) is 16.4. The van der Waals surface area contributed by atoms with Crippen molar-refractivity contribution in [2.24, 2.45) is 5.41 Å². The largest absolute Gasteiger partial charge is 0.497 e. The Hall–Kier alpha value is -2.65. The molecule has 1 aliphatic carbocycles. The minimum absolute atomic E-state index is 0.0120. The molecule has 5 rings (SSSR count). The second kappa shape index (κ2) is 6.43. The van der Waals surface area contributed by atoms with Crippen molar-refractivity contribution in [1.82, 2.24) is 19.3 Å². The quantitative estimate of drug-likeness (QED) is 0.690. The Bertz CT molecular complexity index is 1150. The van der Waals surface area contributed by atoms with E-state index < -0.39 is 10.0 Å². The van der Waals surface area contributed by atoms with Gasteiger partial charge in [-0.15, -0.1) is 0 Å². The summed E-state index contributed by atoms with van der Waals surface area (Å²) < 4.78 is 33.3. The third kappa shape index (κ3) is 2.87. The fourth-order valence-corrected chi connectivity index (χ4v) is 6.00. The minimum atomic E-state index is -3.56. The Morgan fingerprint density at radius 2 is 1.97 bits per heavy atom. The Morgan fingerprint density at radius 3 is 2.66 bits per heavy atom. The van der Waals surface area contributed by atoms with Gasteiger partial charge in [-0.25, -0.2) is 18.4 Å². The number of rotatable bonds is 5. The molecular weight excluding hydrogens is 390 g/mol. The molecule has 1 atom stereocenters. The molecule has 9 heteroatoms. The van der Waals surface area contributed by atoms with Gasteiger partial charge in [-0.2, -0.15) is 4.31 Å². The van der Waals surface area contributed by atoms with E-state index in [1.54, 1.807) is 42.0 Å². The average molecular weight is 414 g/mol. The number of hydrogen-bond acceptors (Lipinski definition) is 6. The molecule has 29 heavy (non-hydrogen) atoms. The number of anilines is 1. The smallest absolute Gasteiger partial charge is 0.243 e. The van der Waals surface area contributed by atoms with Crippen LogP contribution < -0.4 is 9.64 Å². The van der Waals surface area contributed by atoms with Gasteiger partial charge in [-0.05, 0) is 43.2 Å². The number of likely N-dealkylation sites (N-methyl/N-ethyl adjacent to an activating group) is 1. The van der Waals surface area contributed by atoms with E-state index >= 15 is 0 Å². The first-order chi connectivity index (χ1) is 13.9. The van der Waals surface area contributed by atoms with Crippen molar-refractivity contribution < 1.29 is 13.2 Å². The summed E-state index contributed by atoms with van der Waals surface area (Å²) in [5.74, 6) is 1.47. The minimum Gasteiger partial charge on any atom is -0.497 e. The molecule has 1 aliphatic heterocycles. The molecular formula is C20H23N5O3S. The van der Waals surface area contributed by atoms with Crippen molar-refractivity contribution in [2.45, 2.75) is 23.8 Å². The number of methoxy groups -OCH3 is 1. The van der Waals surface area contributed by atoms with Crippen molar-refractivity contribution in [3.63, 3.8) is 0 Å². The first-order valence-corrected chi connectivity index (χ1v) is 11.0. The number of aromatic amines is 1. The molecule has 1 spiro atoms. The van der Waals surface area contributed by atoms with Gasteiger partial charge >= 0.3 is 0 Å². The zero-order valence-corrected chi connectivity index (χ0v) is 17.2. The topological polar surface area (TPSA) is 91.4 Å². The molecule has 1 N–H and O–H groups in total. The normalized spacial score (nSPS) is 21.0. The number of H-pyrrole nitrogens is 1. The molecule has 1 aromatic carbocycles. The third-order valence-electron chi connectivity index (χ3n) is 6.30. The second-order valence-electron chi connectivity index (χ2n) is 7.90. The number of fused-ring (bicyclic) bond motifs is 1. The van der Waals surface area contributed by atoms with E-state index in [0.29, 0.717) is 23.7 Å². The van der Waals surface area contributed by atoms with Crippen LogP contribution in [0.5, 0.6) is 5.75 Å². The lowest BCUT2D eigenvalue weighted by Gasteiger charge is -2.30. The van der Waals surface area contributed by atoms with Gasteiger partial charge in [0.15, 0.2) is 0 Å². The molecule has 2 fully saturated rings. The molecule has 1 saturated heterocycles. The molecule has 3 heterocycles. The van der Waals surface area contributed by atoms with Crippen molar-refractivity contribution in [2.75, 3.05) is 32.1 Å². The monoisotopic (exact) mass is 413 g/mol. The van der Waals surface area contributed by atoms with Crippen LogP contribution in [-0.2, 0) is 10.0 Å². The lowest BCUT2D eigenvalue weighted by atomic mass is 9.99. The van der Waals surface area contributed by atoms with E-state index in [1.807, 2.05) is 19.3 Å². The number of nitrogens with zero attached hydrogens (tertiary/aromatic N) is 4. The summed E-state index contributed by atoms with van der Waals surface area (Å²) in [6.45, 7) is 0.985. The highest BCUT2D eigenvalue weighted by atomic mass is 32.2. The fourth-order valence-electron chi connectivity index (χ4n) is 4.46. The summed E-state index contributed by atoms with van der Waals surface area (Å²) >= 11 is 0. The molecule has 8 nitrogen and oxygen atoms in total. The van der Waals surface area contributed by atoms with Crippen molar-refractivity contribution in [1.29, 1.82) is 0 Å². The van der Waals surface area contributed by atoms with Gasteiger partial charge in [0.2, 0.25) is 10.0 Å². The van der Waals surface area contributed by atoms with Crippen LogP contribution in [0.2, 0.25) is 0 Å². The van der Waals surface area contributed by atoms with Gasteiger partial charge in [0.25, 0.3) is 0 Å². The SMILES string of the molecule is COc1ccc(S(=O)(=O)N2CC(N(C)c3ncnc4[nH]ccc34)C3(CC3)C2)cc1. The van der Waals surface area contributed by atoms with E-state index in [2.05, 4.69) is 19.9 Å². The molecule has 2 aromatic heterocycles. The highest BCUT2D eigenvalue weighted by Gasteiger charge is 2.59. The number of benzene rings is 1. The summed E-state index contributed by atoms with van der Waals surface area (Å²) in [4.78, 5) is 14.3. The maximum atomic E-state index is 13.3. The predicted octanol–water partition coefficient (Wildman–Crippen LogP) is 2.26. The number of hydrogen-bond donors (Lipinski definition) is 1. The standard InChI is InChI=1S/C20H23N5O3S/c1-24(19-16-7-10-21-18(16)22-13-23-19)17-11-25(12-20(17)8-9-20)29(26,27)15-5-3-14(28-2)4-6-15/h3-7,10,13,17H,8-9,11-12H2,1-2H3,(H,21,22,23). The number of nitrogens with one attached hydrogen (secondary N) is 1. The lowest BCUT2D eigenvalue weighted by molar-refractivity contribution is 0.414. The van der Waals surface area contributed by atoms with Gasteiger partial charge in [0, 0.05) is 31.7 Å².